The van der Waals surface area contributed by atoms with Crippen LogP contribution in [0.3, 0.4) is 0 Å². The first-order chi connectivity index (χ1) is 14.6. The number of aryl methyl sites for hydroxylation is 1. The molecular weight excluding hydrogens is 376 g/mol. The zero-order valence-electron chi connectivity index (χ0n) is 17.8. The van der Waals surface area contributed by atoms with Crippen molar-refractivity contribution in [2.75, 3.05) is 44.2 Å². The van der Waals surface area contributed by atoms with Gasteiger partial charge < -0.3 is 19.6 Å². The van der Waals surface area contributed by atoms with Crippen LogP contribution >= 0.6 is 0 Å². The number of quaternary nitrogens is 1. The van der Waals surface area contributed by atoms with E-state index in [0.29, 0.717) is 6.61 Å². The number of hydrogen-bond acceptors (Lipinski definition) is 4. The van der Waals surface area contributed by atoms with E-state index in [4.69, 9.17) is 4.74 Å². The molecule has 0 radical (unpaired) electrons. The molecule has 1 heterocycles. The number of aliphatic hydroxyl groups excluding tert-OH is 1. The minimum atomic E-state index is -0.435. The predicted octanol–water partition coefficient (Wildman–Crippen LogP) is 2.05. The summed E-state index contributed by atoms with van der Waals surface area (Å²) < 4.78 is 6.13. The third-order valence-corrected chi connectivity index (χ3v) is 6.44. The van der Waals surface area contributed by atoms with Crippen molar-refractivity contribution in [3.8, 4) is 0 Å². The number of piperazine rings is 1. The van der Waals surface area contributed by atoms with E-state index < -0.39 is 6.10 Å². The third kappa shape index (κ3) is 5.09. The highest BCUT2D eigenvalue weighted by Gasteiger charge is 2.25. The number of carbonyl (C=O) groups excluding carboxylic acids is 1. The van der Waals surface area contributed by atoms with Crippen molar-refractivity contribution in [1.82, 2.24) is 0 Å². The molecule has 1 aliphatic heterocycles. The standard InChI is InChI=1S/C25H32N2O3/c1-19(28)20-9-11-22(12-10-20)27-15-13-26(14-16-27)17-23(29)18-30-25-8-4-6-21-5-2-3-7-24(21)25/h2-3,5,7,9-12,23,25,29H,4,6,8,13-18H2,1H3/p+1/t23-,25-/m1/s1. The van der Waals surface area contributed by atoms with E-state index in [9.17, 15) is 9.90 Å². The van der Waals surface area contributed by atoms with Crippen molar-refractivity contribution in [2.45, 2.75) is 38.4 Å². The number of rotatable bonds is 7. The van der Waals surface area contributed by atoms with E-state index in [-0.39, 0.29) is 11.9 Å². The minimum Gasteiger partial charge on any atom is -0.385 e. The number of Topliss-reactive ketones (excluding diaryl/α,β-unsaturated/α-hetero) is 1. The SMILES string of the molecule is CC(=O)c1ccc(N2CC[NH+](C[C@@H](O)CO[C@@H]3CCCc4ccccc43)CC2)cc1. The maximum absolute atomic E-state index is 11.4. The van der Waals surface area contributed by atoms with Gasteiger partial charge in [-0.2, -0.15) is 0 Å². The molecule has 0 saturated carbocycles. The first-order valence-electron chi connectivity index (χ1n) is 11.2. The Hall–Kier alpha value is -2.21. The molecule has 0 amide bonds. The topological polar surface area (TPSA) is 54.2 Å². The summed E-state index contributed by atoms with van der Waals surface area (Å²) in [7, 11) is 0. The van der Waals surface area contributed by atoms with Gasteiger partial charge in [0.15, 0.2) is 5.78 Å². The van der Waals surface area contributed by atoms with Crippen LogP contribution in [0.5, 0.6) is 0 Å². The fourth-order valence-corrected chi connectivity index (χ4v) is 4.69. The van der Waals surface area contributed by atoms with Crippen LogP contribution in [0.25, 0.3) is 0 Å². The highest BCUT2D eigenvalue weighted by molar-refractivity contribution is 5.94. The second-order valence-electron chi connectivity index (χ2n) is 8.61. The molecule has 1 fully saturated rings. The lowest BCUT2D eigenvalue weighted by Crippen LogP contribution is -3.16. The largest absolute Gasteiger partial charge is 0.385 e. The Labute approximate surface area is 179 Å². The molecule has 2 aromatic rings. The zero-order valence-corrected chi connectivity index (χ0v) is 17.8. The third-order valence-electron chi connectivity index (χ3n) is 6.44. The summed E-state index contributed by atoms with van der Waals surface area (Å²) in [5.41, 5.74) is 4.61. The number of benzene rings is 2. The second kappa shape index (κ2) is 9.73. The fourth-order valence-electron chi connectivity index (χ4n) is 4.69. The molecule has 30 heavy (non-hydrogen) atoms. The Kier molecular flexibility index (Phi) is 6.82. The van der Waals surface area contributed by atoms with Crippen LogP contribution < -0.4 is 9.80 Å². The summed E-state index contributed by atoms with van der Waals surface area (Å²) in [5.74, 6) is 0.101. The Bertz CT molecular complexity index is 844. The molecule has 5 nitrogen and oxygen atoms in total. The molecule has 2 aliphatic rings. The monoisotopic (exact) mass is 409 g/mol. The van der Waals surface area contributed by atoms with Crippen molar-refractivity contribution in [2.24, 2.45) is 0 Å². The summed E-state index contributed by atoms with van der Waals surface area (Å²) in [5, 5.41) is 10.6. The molecular formula is C25H33N2O3+. The van der Waals surface area contributed by atoms with E-state index in [0.717, 1.165) is 57.5 Å². The number of carbonyl (C=O) groups is 1. The van der Waals surface area contributed by atoms with E-state index >= 15 is 0 Å². The maximum Gasteiger partial charge on any atom is 0.159 e. The molecule has 160 valence electrons. The zero-order chi connectivity index (χ0) is 20.9. The Morgan fingerprint density at radius 3 is 2.63 bits per heavy atom. The van der Waals surface area contributed by atoms with Crippen LogP contribution in [-0.4, -0.2) is 56.3 Å². The molecule has 2 N–H and O–H groups in total. The smallest absolute Gasteiger partial charge is 0.159 e. The molecule has 0 bridgehead atoms. The van der Waals surface area contributed by atoms with Crippen LogP contribution in [0.15, 0.2) is 48.5 Å². The molecule has 2 aromatic carbocycles. The summed E-state index contributed by atoms with van der Waals surface area (Å²) in [4.78, 5) is 15.2. The van der Waals surface area contributed by atoms with Crippen LogP contribution in [0.4, 0.5) is 5.69 Å². The highest BCUT2D eigenvalue weighted by Crippen LogP contribution is 2.32. The molecule has 5 heteroatoms. The Morgan fingerprint density at radius 2 is 1.90 bits per heavy atom. The number of aliphatic hydroxyl groups is 1. The molecule has 1 aliphatic carbocycles. The number of nitrogens with zero attached hydrogens (tertiary/aromatic N) is 1. The van der Waals surface area contributed by atoms with Crippen LogP contribution in [-0.2, 0) is 11.2 Å². The van der Waals surface area contributed by atoms with Gasteiger partial charge in [-0.05, 0) is 61.6 Å². The van der Waals surface area contributed by atoms with Gasteiger partial charge in [-0.1, -0.05) is 24.3 Å². The number of ketones is 1. The molecule has 1 saturated heterocycles. The molecule has 0 spiro atoms. The first kappa shape index (κ1) is 21.0. The van der Waals surface area contributed by atoms with E-state index in [1.165, 1.54) is 21.7 Å². The Morgan fingerprint density at radius 1 is 1.17 bits per heavy atom. The van der Waals surface area contributed by atoms with Crippen molar-refractivity contribution in [3.05, 3.63) is 65.2 Å². The molecule has 4 rings (SSSR count). The van der Waals surface area contributed by atoms with Crippen LogP contribution in [0.1, 0.15) is 47.4 Å². The summed E-state index contributed by atoms with van der Waals surface area (Å²) >= 11 is 0. The quantitative estimate of drug-likeness (QED) is 0.688. The van der Waals surface area contributed by atoms with Gasteiger partial charge in [0, 0.05) is 11.3 Å². The van der Waals surface area contributed by atoms with Crippen molar-refractivity contribution in [1.29, 1.82) is 0 Å². The number of fused-ring (bicyclic) bond motifs is 1. The lowest BCUT2D eigenvalue weighted by Gasteiger charge is -2.34. The van der Waals surface area contributed by atoms with Crippen molar-refractivity contribution < 1.29 is 19.5 Å². The van der Waals surface area contributed by atoms with E-state index in [1.807, 2.05) is 24.3 Å². The number of nitrogens with one attached hydrogen (secondary N) is 1. The van der Waals surface area contributed by atoms with Gasteiger partial charge in [-0.25, -0.2) is 0 Å². The van der Waals surface area contributed by atoms with Gasteiger partial charge in [0.25, 0.3) is 0 Å². The van der Waals surface area contributed by atoms with E-state index in [1.54, 1.807) is 6.92 Å². The van der Waals surface area contributed by atoms with Gasteiger partial charge in [0.1, 0.15) is 12.6 Å². The number of ether oxygens (including phenoxy) is 1. The Balaban J connectivity index is 1.22. The summed E-state index contributed by atoms with van der Waals surface area (Å²) in [6, 6.07) is 16.4. The number of anilines is 1. The van der Waals surface area contributed by atoms with Gasteiger partial charge in [0.05, 0.1) is 38.9 Å². The fraction of sp³-hybridized carbons (Fsp3) is 0.480. The van der Waals surface area contributed by atoms with Crippen LogP contribution in [0.2, 0.25) is 0 Å². The number of hydrogen-bond donors (Lipinski definition) is 2. The lowest BCUT2D eigenvalue weighted by atomic mass is 9.89. The molecule has 0 aromatic heterocycles. The van der Waals surface area contributed by atoms with Gasteiger partial charge >= 0.3 is 0 Å². The second-order valence-corrected chi connectivity index (χ2v) is 8.61. The van der Waals surface area contributed by atoms with Crippen molar-refractivity contribution in [3.63, 3.8) is 0 Å². The predicted molar refractivity (Wildman–Crippen MR) is 118 cm³/mol. The van der Waals surface area contributed by atoms with Crippen molar-refractivity contribution >= 4 is 11.5 Å². The maximum atomic E-state index is 11.4. The van der Waals surface area contributed by atoms with Gasteiger partial charge in [0.2, 0.25) is 0 Å². The van der Waals surface area contributed by atoms with Crippen LogP contribution in [0, 0.1) is 0 Å². The first-order valence-corrected chi connectivity index (χ1v) is 11.2. The normalized spacial score (nSPS) is 20.6. The summed E-state index contributed by atoms with van der Waals surface area (Å²) in [6.07, 6.45) is 3.01. The highest BCUT2D eigenvalue weighted by atomic mass is 16.5. The van der Waals surface area contributed by atoms with Gasteiger partial charge in [-0.3, -0.25) is 4.79 Å². The van der Waals surface area contributed by atoms with Gasteiger partial charge in [-0.15, -0.1) is 0 Å². The average Bonchev–Trinajstić information content (AvgIpc) is 2.78. The summed E-state index contributed by atoms with van der Waals surface area (Å²) in [6.45, 7) is 6.63. The lowest BCUT2D eigenvalue weighted by molar-refractivity contribution is -0.903. The molecule has 0 unspecified atom stereocenters. The average molecular weight is 410 g/mol. The minimum absolute atomic E-state index is 0.101. The molecule has 2 atom stereocenters. The van der Waals surface area contributed by atoms with E-state index in [2.05, 4.69) is 29.2 Å².